The number of phenolic OH excluding ortho intramolecular Hbond substituents is 1. The van der Waals surface area contributed by atoms with Crippen LogP contribution in [0.15, 0.2) is 36.4 Å². The number of aromatic hydroxyl groups is 1. The summed E-state index contributed by atoms with van der Waals surface area (Å²) in [4.78, 5) is 12.0. The number of anilines is 1. The van der Waals surface area contributed by atoms with Gasteiger partial charge < -0.3 is 15.6 Å². The number of halogens is 1. The summed E-state index contributed by atoms with van der Waals surface area (Å²) in [5, 5.41) is 9.76. The van der Waals surface area contributed by atoms with Crippen LogP contribution in [0.25, 0.3) is 0 Å². The van der Waals surface area contributed by atoms with Gasteiger partial charge in [-0.3, -0.25) is 0 Å². The fourth-order valence-corrected chi connectivity index (χ4v) is 1.65. The highest BCUT2D eigenvalue weighted by Gasteiger charge is 2.21. The van der Waals surface area contributed by atoms with Crippen LogP contribution in [0.5, 0.6) is 11.5 Å². The van der Waals surface area contributed by atoms with Crippen LogP contribution in [-0.2, 0) is 0 Å². The molecule has 19 heavy (non-hydrogen) atoms. The number of phenols is 1. The summed E-state index contributed by atoms with van der Waals surface area (Å²) in [5.74, 6) is -1.70. The van der Waals surface area contributed by atoms with Crippen LogP contribution in [0.3, 0.4) is 0 Å². The first-order valence-electron chi connectivity index (χ1n) is 5.55. The van der Waals surface area contributed by atoms with E-state index in [1.807, 2.05) is 0 Å². The molecule has 0 heterocycles. The van der Waals surface area contributed by atoms with Gasteiger partial charge in [-0.05, 0) is 19.1 Å². The molecule has 2 aromatic carbocycles. The Balaban J connectivity index is 2.40. The van der Waals surface area contributed by atoms with E-state index in [0.29, 0.717) is 5.75 Å². The Hall–Kier alpha value is -2.56. The van der Waals surface area contributed by atoms with Crippen molar-refractivity contribution < 1.29 is 19.0 Å². The van der Waals surface area contributed by atoms with Crippen LogP contribution in [0.4, 0.5) is 10.1 Å². The van der Waals surface area contributed by atoms with Crippen molar-refractivity contribution in [2.24, 2.45) is 0 Å². The lowest BCUT2D eigenvalue weighted by Crippen LogP contribution is -2.12. The molecule has 3 N–H and O–H groups in total. The highest BCUT2D eigenvalue weighted by atomic mass is 19.1. The first kappa shape index (κ1) is 12.9. The third-order valence-electron chi connectivity index (χ3n) is 2.68. The van der Waals surface area contributed by atoms with E-state index in [4.69, 9.17) is 10.5 Å². The second-order valence-corrected chi connectivity index (χ2v) is 4.00. The van der Waals surface area contributed by atoms with Crippen LogP contribution < -0.4 is 10.5 Å². The normalized spacial score (nSPS) is 10.2. The predicted octanol–water partition coefficient (Wildman–Crippen LogP) is 2.64. The molecular weight excluding hydrogens is 249 g/mol. The number of carbonyl (C=O) groups excluding carboxylic acids is 1. The molecular formula is C14H12FNO3. The Labute approximate surface area is 109 Å². The van der Waals surface area contributed by atoms with Gasteiger partial charge in [0.15, 0.2) is 5.75 Å². The Morgan fingerprint density at radius 2 is 1.95 bits per heavy atom. The second-order valence-electron chi connectivity index (χ2n) is 4.00. The molecule has 0 saturated heterocycles. The molecule has 2 aromatic rings. The van der Waals surface area contributed by atoms with Crippen LogP contribution >= 0.6 is 0 Å². The van der Waals surface area contributed by atoms with E-state index >= 15 is 0 Å². The average Bonchev–Trinajstić information content (AvgIpc) is 2.38. The standard InChI is InChI=1S/C14H12FNO3/c1-8-10(15)7-11(16)13(17)12(8)14(18)19-9-5-3-2-4-6-9/h2-7,17H,16H2,1H3. The molecule has 2 rings (SSSR count). The Morgan fingerprint density at radius 1 is 1.32 bits per heavy atom. The molecule has 98 valence electrons. The molecule has 0 unspecified atom stereocenters. The second kappa shape index (κ2) is 4.97. The maximum absolute atomic E-state index is 13.5. The minimum Gasteiger partial charge on any atom is -0.505 e. The van der Waals surface area contributed by atoms with Crippen molar-refractivity contribution in [1.29, 1.82) is 0 Å². The lowest BCUT2D eigenvalue weighted by molar-refractivity contribution is 0.0730. The largest absolute Gasteiger partial charge is 0.505 e. The van der Waals surface area contributed by atoms with Crippen molar-refractivity contribution >= 4 is 11.7 Å². The molecule has 0 saturated carbocycles. The van der Waals surface area contributed by atoms with Gasteiger partial charge in [0.1, 0.15) is 17.1 Å². The summed E-state index contributed by atoms with van der Waals surface area (Å²) < 4.78 is 18.6. The molecule has 4 nitrogen and oxygen atoms in total. The van der Waals surface area contributed by atoms with E-state index in [0.717, 1.165) is 6.07 Å². The predicted molar refractivity (Wildman–Crippen MR) is 68.6 cm³/mol. The molecule has 0 amide bonds. The lowest BCUT2D eigenvalue weighted by atomic mass is 10.1. The lowest BCUT2D eigenvalue weighted by Gasteiger charge is -2.11. The van der Waals surface area contributed by atoms with Crippen molar-refractivity contribution in [2.45, 2.75) is 6.92 Å². The summed E-state index contributed by atoms with van der Waals surface area (Å²) in [6.07, 6.45) is 0. The van der Waals surface area contributed by atoms with E-state index in [-0.39, 0.29) is 16.8 Å². The molecule has 0 bridgehead atoms. The van der Waals surface area contributed by atoms with Gasteiger partial charge in [0.05, 0.1) is 5.69 Å². The summed E-state index contributed by atoms with van der Waals surface area (Å²) in [7, 11) is 0. The van der Waals surface area contributed by atoms with Gasteiger partial charge in [-0.25, -0.2) is 9.18 Å². The zero-order valence-corrected chi connectivity index (χ0v) is 10.2. The van der Waals surface area contributed by atoms with E-state index in [1.54, 1.807) is 30.3 Å². The number of para-hydroxylation sites is 1. The van der Waals surface area contributed by atoms with Gasteiger partial charge in [0.25, 0.3) is 0 Å². The van der Waals surface area contributed by atoms with Gasteiger partial charge in [-0.2, -0.15) is 0 Å². The fourth-order valence-electron chi connectivity index (χ4n) is 1.65. The highest BCUT2D eigenvalue weighted by molar-refractivity contribution is 5.97. The molecule has 0 aliphatic rings. The van der Waals surface area contributed by atoms with Gasteiger partial charge in [-0.15, -0.1) is 0 Å². The highest BCUT2D eigenvalue weighted by Crippen LogP contribution is 2.31. The fraction of sp³-hybridized carbons (Fsp3) is 0.0714. The van der Waals surface area contributed by atoms with E-state index in [1.165, 1.54) is 6.92 Å². The molecule has 0 aliphatic carbocycles. The number of hydrogen-bond donors (Lipinski definition) is 2. The number of ether oxygens (including phenoxy) is 1. The average molecular weight is 261 g/mol. The van der Waals surface area contributed by atoms with Crippen LogP contribution in [0, 0.1) is 12.7 Å². The number of rotatable bonds is 2. The Kier molecular flexibility index (Phi) is 3.37. The quantitative estimate of drug-likeness (QED) is 0.377. The minimum atomic E-state index is -0.854. The first-order chi connectivity index (χ1) is 9.00. The number of esters is 1. The number of nitrogen functional groups attached to an aromatic ring is 1. The van der Waals surface area contributed by atoms with Gasteiger partial charge >= 0.3 is 5.97 Å². The third-order valence-corrected chi connectivity index (χ3v) is 2.68. The molecule has 0 atom stereocenters. The third kappa shape index (κ3) is 2.49. The molecule has 5 heteroatoms. The smallest absolute Gasteiger partial charge is 0.347 e. The Bertz CT molecular complexity index is 600. The van der Waals surface area contributed by atoms with E-state index in [9.17, 15) is 14.3 Å². The number of carbonyl (C=O) groups is 1. The zero-order valence-electron chi connectivity index (χ0n) is 10.2. The van der Waals surface area contributed by atoms with Crippen molar-refractivity contribution in [1.82, 2.24) is 0 Å². The van der Waals surface area contributed by atoms with Crippen LogP contribution in [-0.4, -0.2) is 11.1 Å². The van der Waals surface area contributed by atoms with Crippen LogP contribution in [0.2, 0.25) is 0 Å². The first-order valence-corrected chi connectivity index (χ1v) is 5.55. The summed E-state index contributed by atoms with van der Waals surface area (Å²) >= 11 is 0. The SMILES string of the molecule is Cc1c(F)cc(N)c(O)c1C(=O)Oc1ccccc1. The summed E-state index contributed by atoms with van der Waals surface area (Å²) in [5.41, 5.74) is 4.95. The van der Waals surface area contributed by atoms with E-state index in [2.05, 4.69) is 0 Å². The number of benzene rings is 2. The summed E-state index contributed by atoms with van der Waals surface area (Å²) in [6, 6.07) is 9.26. The summed E-state index contributed by atoms with van der Waals surface area (Å²) in [6.45, 7) is 1.37. The maximum atomic E-state index is 13.5. The van der Waals surface area contributed by atoms with Crippen molar-refractivity contribution in [3.8, 4) is 11.5 Å². The van der Waals surface area contributed by atoms with Gasteiger partial charge in [0, 0.05) is 11.6 Å². The number of hydrogen-bond acceptors (Lipinski definition) is 4. The van der Waals surface area contributed by atoms with Crippen LogP contribution in [0.1, 0.15) is 15.9 Å². The molecule has 0 aromatic heterocycles. The molecule has 0 fully saturated rings. The number of nitrogens with two attached hydrogens (primary N) is 1. The molecule has 0 aliphatic heterocycles. The molecule has 0 radical (unpaired) electrons. The maximum Gasteiger partial charge on any atom is 0.347 e. The zero-order chi connectivity index (χ0) is 14.0. The van der Waals surface area contributed by atoms with Crippen molar-refractivity contribution in [2.75, 3.05) is 5.73 Å². The van der Waals surface area contributed by atoms with Crippen molar-refractivity contribution in [3.05, 3.63) is 53.3 Å². The minimum absolute atomic E-state index is 0.00682. The van der Waals surface area contributed by atoms with Gasteiger partial charge in [-0.1, -0.05) is 18.2 Å². The topological polar surface area (TPSA) is 72.5 Å². The van der Waals surface area contributed by atoms with E-state index < -0.39 is 17.5 Å². The van der Waals surface area contributed by atoms with Crippen molar-refractivity contribution in [3.63, 3.8) is 0 Å². The molecule has 0 spiro atoms. The van der Waals surface area contributed by atoms with Gasteiger partial charge in [0.2, 0.25) is 0 Å². The Morgan fingerprint density at radius 3 is 2.58 bits per heavy atom. The monoisotopic (exact) mass is 261 g/mol.